The molecular formula is C17H12ClNO3. The predicted molar refractivity (Wildman–Crippen MR) is 85.1 cm³/mol. The van der Waals surface area contributed by atoms with E-state index in [1.165, 1.54) is 0 Å². The lowest BCUT2D eigenvalue weighted by atomic mass is 10.2. The molecule has 0 spiro atoms. The van der Waals surface area contributed by atoms with Gasteiger partial charge >= 0.3 is 5.97 Å². The second-order valence-corrected chi connectivity index (χ2v) is 5.00. The number of ether oxygens (including phenoxy) is 2. The van der Waals surface area contributed by atoms with Gasteiger partial charge in [0.2, 0.25) is 5.90 Å². The van der Waals surface area contributed by atoms with Crippen LogP contribution < -0.4 is 4.74 Å². The molecule has 0 fully saturated rings. The number of hydrogen-bond donors (Lipinski definition) is 0. The third-order valence-corrected chi connectivity index (χ3v) is 3.48. The van der Waals surface area contributed by atoms with Crippen LogP contribution in [0.4, 0.5) is 0 Å². The minimum atomic E-state index is -0.502. The van der Waals surface area contributed by atoms with Crippen molar-refractivity contribution >= 4 is 29.5 Å². The quantitative estimate of drug-likeness (QED) is 0.641. The number of benzene rings is 2. The van der Waals surface area contributed by atoms with Crippen LogP contribution in [-0.4, -0.2) is 19.0 Å². The highest BCUT2D eigenvalue weighted by molar-refractivity contribution is 6.32. The van der Waals surface area contributed by atoms with Crippen molar-refractivity contribution in [2.75, 3.05) is 7.11 Å². The Kier molecular flexibility index (Phi) is 3.94. The van der Waals surface area contributed by atoms with E-state index in [1.807, 2.05) is 18.2 Å². The van der Waals surface area contributed by atoms with Crippen LogP contribution in [-0.2, 0) is 9.53 Å². The van der Waals surface area contributed by atoms with Gasteiger partial charge in [0.05, 0.1) is 7.11 Å². The lowest BCUT2D eigenvalue weighted by molar-refractivity contribution is -0.129. The number of nitrogens with zero attached hydrogens (tertiary/aromatic N) is 1. The van der Waals surface area contributed by atoms with E-state index >= 15 is 0 Å². The Balaban J connectivity index is 1.96. The molecule has 5 heteroatoms. The molecular weight excluding hydrogens is 302 g/mol. The molecule has 0 atom stereocenters. The van der Waals surface area contributed by atoms with Gasteiger partial charge in [-0.1, -0.05) is 35.9 Å². The van der Waals surface area contributed by atoms with Crippen molar-refractivity contribution in [3.63, 3.8) is 0 Å². The molecule has 0 bridgehead atoms. The van der Waals surface area contributed by atoms with E-state index in [1.54, 1.807) is 43.5 Å². The molecule has 2 aromatic carbocycles. The van der Waals surface area contributed by atoms with Crippen LogP contribution in [0.15, 0.2) is 59.2 Å². The summed E-state index contributed by atoms with van der Waals surface area (Å²) in [6.07, 6.45) is 1.61. The third kappa shape index (κ3) is 2.87. The van der Waals surface area contributed by atoms with E-state index in [0.717, 1.165) is 0 Å². The van der Waals surface area contributed by atoms with Gasteiger partial charge in [-0.3, -0.25) is 0 Å². The Morgan fingerprint density at radius 2 is 2.00 bits per heavy atom. The number of halogens is 1. The lowest BCUT2D eigenvalue weighted by Gasteiger charge is -2.02. The first-order valence-corrected chi connectivity index (χ1v) is 6.96. The second-order valence-electron chi connectivity index (χ2n) is 4.59. The summed E-state index contributed by atoms with van der Waals surface area (Å²) in [6, 6.07) is 14.4. The van der Waals surface area contributed by atoms with Crippen molar-refractivity contribution in [1.82, 2.24) is 0 Å². The van der Waals surface area contributed by atoms with Crippen molar-refractivity contribution in [2.24, 2.45) is 4.99 Å². The molecule has 3 rings (SSSR count). The molecule has 0 saturated carbocycles. The van der Waals surface area contributed by atoms with Crippen LogP contribution in [0, 0.1) is 0 Å². The van der Waals surface area contributed by atoms with E-state index in [4.69, 9.17) is 21.1 Å². The summed E-state index contributed by atoms with van der Waals surface area (Å²) < 4.78 is 10.4. The van der Waals surface area contributed by atoms with Crippen LogP contribution in [0.1, 0.15) is 11.1 Å². The fourth-order valence-electron chi connectivity index (χ4n) is 2.03. The van der Waals surface area contributed by atoms with Gasteiger partial charge < -0.3 is 9.47 Å². The summed E-state index contributed by atoms with van der Waals surface area (Å²) in [4.78, 5) is 16.2. The van der Waals surface area contributed by atoms with E-state index < -0.39 is 5.97 Å². The SMILES string of the molecule is COc1cccc(C2=NC(=Cc3ccccc3Cl)C(=O)O2)c1. The molecule has 0 aliphatic carbocycles. The van der Waals surface area contributed by atoms with Crippen molar-refractivity contribution < 1.29 is 14.3 Å². The van der Waals surface area contributed by atoms with E-state index in [2.05, 4.69) is 4.99 Å². The first-order chi connectivity index (χ1) is 10.7. The topological polar surface area (TPSA) is 47.9 Å². The molecule has 0 N–H and O–H groups in total. The average Bonchev–Trinajstić information content (AvgIpc) is 2.91. The highest BCUT2D eigenvalue weighted by Gasteiger charge is 2.24. The van der Waals surface area contributed by atoms with Gasteiger partial charge in [0.1, 0.15) is 5.75 Å². The van der Waals surface area contributed by atoms with E-state index in [9.17, 15) is 4.79 Å². The molecule has 22 heavy (non-hydrogen) atoms. The molecule has 1 aliphatic heterocycles. The number of methoxy groups -OCH3 is 1. The van der Waals surface area contributed by atoms with E-state index in [-0.39, 0.29) is 11.6 Å². The summed E-state index contributed by atoms with van der Waals surface area (Å²) in [6.45, 7) is 0. The van der Waals surface area contributed by atoms with Crippen molar-refractivity contribution in [1.29, 1.82) is 0 Å². The normalized spacial score (nSPS) is 15.6. The fourth-order valence-corrected chi connectivity index (χ4v) is 2.22. The Labute approximate surface area is 132 Å². The number of rotatable bonds is 3. The van der Waals surface area contributed by atoms with Gasteiger partial charge in [0.15, 0.2) is 5.70 Å². The Morgan fingerprint density at radius 1 is 1.18 bits per heavy atom. The molecule has 1 aliphatic rings. The van der Waals surface area contributed by atoms with Crippen molar-refractivity contribution in [3.05, 3.63) is 70.4 Å². The molecule has 0 unspecified atom stereocenters. The maximum absolute atomic E-state index is 11.9. The number of carbonyl (C=O) groups is 1. The zero-order valence-electron chi connectivity index (χ0n) is 11.7. The molecule has 0 radical (unpaired) electrons. The first kappa shape index (κ1) is 14.4. The molecule has 0 amide bonds. The van der Waals surface area contributed by atoms with Gasteiger partial charge in [-0.15, -0.1) is 0 Å². The summed E-state index contributed by atoms with van der Waals surface area (Å²) in [7, 11) is 1.57. The van der Waals surface area contributed by atoms with Crippen LogP contribution in [0.5, 0.6) is 5.75 Å². The summed E-state index contributed by atoms with van der Waals surface area (Å²) in [5.41, 5.74) is 1.60. The Hall–Kier alpha value is -2.59. The highest BCUT2D eigenvalue weighted by atomic mass is 35.5. The van der Waals surface area contributed by atoms with Gasteiger partial charge in [0.25, 0.3) is 0 Å². The Morgan fingerprint density at radius 3 is 2.77 bits per heavy atom. The molecule has 0 saturated heterocycles. The van der Waals surface area contributed by atoms with Crippen LogP contribution in [0.25, 0.3) is 6.08 Å². The fraction of sp³-hybridized carbons (Fsp3) is 0.0588. The monoisotopic (exact) mass is 313 g/mol. The van der Waals surface area contributed by atoms with Gasteiger partial charge in [0, 0.05) is 10.6 Å². The average molecular weight is 314 g/mol. The van der Waals surface area contributed by atoms with Gasteiger partial charge in [-0.25, -0.2) is 9.79 Å². The first-order valence-electron chi connectivity index (χ1n) is 6.59. The van der Waals surface area contributed by atoms with Crippen LogP contribution in [0.2, 0.25) is 5.02 Å². The second kappa shape index (κ2) is 6.03. The number of cyclic esters (lactones) is 1. The molecule has 4 nitrogen and oxygen atoms in total. The summed E-state index contributed by atoms with van der Waals surface area (Å²) >= 11 is 6.08. The molecule has 0 aromatic heterocycles. The van der Waals surface area contributed by atoms with Crippen LogP contribution >= 0.6 is 11.6 Å². The van der Waals surface area contributed by atoms with E-state index in [0.29, 0.717) is 21.9 Å². The van der Waals surface area contributed by atoms with Crippen LogP contribution in [0.3, 0.4) is 0 Å². The smallest absolute Gasteiger partial charge is 0.363 e. The zero-order valence-corrected chi connectivity index (χ0v) is 12.5. The Bertz CT molecular complexity index is 796. The largest absolute Gasteiger partial charge is 0.497 e. The molecule has 1 heterocycles. The predicted octanol–water partition coefficient (Wildman–Crippen LogP) is 3.69. The number of esters is 1. The third-order valence-electron chi connectivity index (χ3n) is 3.13. The van der Waals surface area contributed by atoms with Crippen molar-refractivity contribution in [3.8, 4) is 5.75 Å². The number of hydrogen-bond acceptors (Lipinski definition) is 4. The maximum atomic E-state index is 11.9. The minimum Gasteiger partial charge on any atom is -0.497 e. The zero-order chi connectivity index (χ0) is 15.5. The maximum Gasteiger partial charge on any atom is 0.363 e. The number of carbonyl (C=O) groups excluding carboxylic acids is 1. The van der Waals surface area contributed by atoms with Gasteiger partial charge in [-0.2, -0.15) is 0 Å². The summed E-state index contributed by atoms with van der Waals surface area (Å²) in [5, 5.41) is 0.549. The summed E-state index contributed by atoms with van der Waals surface area (Å²) in [5.74, 6) is 0.416. The molecule has 2 aromatic rings. The lowest BCUT2D eigenvalue weighted by Crippen LogP contribution is -2.05. The minimum absolute atomic E-state index is 0.214. The van der Waals surface area contributed by atoms with Gasteiger partial charge in [-0.05, 0) is 35.9 Å². The molecule has 110 valence electrons. The number of aliphatic imine (C=N–C) groups is 1. The standard InChI is InChI=1S/C17H12ClNO3/c1-21-13-7-4-6-12(9-13)16-19-15(17(20)22-16)10-11-5-2-3-8-14(11)18/h2-10H,1H3. The van der Waals surface area contributed by atoms with Crippen molar-refractivity contribution in [2.45, 2.75) is 0 Å². The highest BCUT2D eigenvalue weighted by Crippen LogP contribution is 2.24.